The third kappa shape index (κ3) is 9.61. The lowest BCUT2D eigenvalue weighted by molar-refractivity contribution is 0.0383. The lowest BCUT2D eigenvalue weighted by Gasteiger charge is -2.21. The van der Waals surface area contributed by atoms with E-state index in [4.69, 9.17) is 5.11 Å². The van der Waals surface area contributed by atoms with Gasteiger partial charge in [0.2, 0.25) is 0 Å². The van der Waals surface area contributed by atoms with Crippen LogP contribution in [0.15, 0.2) is 0 Å². The molecule has 0 bridgehead atoms. The molecule has 0 unspecified atom stereocenters. The SMILES string of the molecule is CCCCCCC(CCCCCC)[C@H](O)CO. The highest BCUT2D eigenvalue weighted by Crippen LogP contribution is 2.21. The van der Waals surface area contributed by atoms with Crippen LogP contribution in [0.5, 0.6) is 0 Å². The van der Waals surface area contributed by atoms with Gasteiger partial charge in [0.15, 0.2) is 0 Å². The second kappa shape index (κ2) is 12.4. The zero-order valence-electron chi connectivity index (χ0n) is 11.8. The first kappa shape index (κ1) is 16.9. The molecule has 0 aliphatic heterocycles. The summed E-state index contributed by atoms with van der Waals surface area (Å²) in [7, 11) is 0. The van der Waals surface area contributed by atoms with E-state index in [0.29, 0.717) is 5.92 Å². The van der Waals surface area contributed by atoms with E-state index in [1.54, 1.807) is 0 Å². The molecule has 2 N–H and O–H groups in total. The van der Waals surface area contributed by atoms with Crippen LogP contribution in [0.25, 0.3) is 0 Å². The molecule has 0 aromatic heterocycles. The summed E-state index contributed by atoms with van der Waals surface area (Å²) in [5.74, 6) is 0.314. The van der Waals surface area contributed by atoms with Gasteiger partial charge in [-0.1, -0.05) is 65.2 Å². The van der Waals surface area contributed by atoms with Gasteiger partial charge in [-0.3, -0.25) is 0 Å². The number of unbranched alkanes of at least 4 members (excludes halogenated alkanes) is 6. The highest BCUT2D eigenvalue weighted by Gasteiger charge is 2.17. The first-order valence-electron chi connectivity index (χ1n) is 7.55. The van der Waals surface area contributed by atoms with Crippen LogP contribution in [0.3, 0.4) is 0 Å². The molecule has 0 saturated carbocycles. The molecule has 0 aromatic rings. The smallest absolute Gasteiger partial charge is 0.0799 e. The zero-order valence-corrected chi connectivity index (χ0v) is 11.8. The predicted octanol–water partition coefficient (Wildman–Crippen LogP) is 3.90. The molecule has 0 aromatic carbocycles. The fourth-order valence-electron chi connectivity index (χ4n) is 2.34. The summed E-state index contributed by atoms with van der Waals surface area (Å²) in [5.41, 5.74) is 0. The summed E-state index contributed by atoms with van der Waals surface area (Å²) in [6.45, 7) is 4.35. The van der Waals surface area contributed by atoms with Gasteiger partial charge in [-0.05, 0) is 18.8 Å². The second-order valence-electron chi connectivity index (χ2n) is 5.21. The Hall–Kier alpha value is -0.0800. The minimum Gasteiger partial charge on any atom is -0.394 e. The second-order valence-corrected chi connectivity index (χ2v) is 5.21. The van der Waals surface area contributed by atoms with Crippen molar-refractivity contribution >= 4 is 0 Å². The molecule has 0 rings (SSSR count). The van der Waals surface area contributed by atoms with Crippen molar-refractivity contribution in [1.82, 2.24) is 0 Å². The van der Waals surface area contributed by atoms with E-state index >= 15 is 0 Å². The third-order valence-corrected chi connectivity index (χ3v) is 3.59. The molecule has 17 heavy (non-hydrogen) atoms. The number of hydrogen-bond donors (Lipinski definition) is 2. The summed E-state index contributed by atoms with van der Waals surface area (Å²) in [4.78, 5) is 0. The quantitative estimate of drug-likeness (QED) is 0.511. The van der Waals surface area contributed by atoms with Gasteiger partial charge in [-0.2, -0.15) is 0 Å². The molecule has 2 heteroatoms. The Balaban J connectivity index is 3.72. The highest BCUT2D eigenvalue weighted by molar-refractivity contribution is 4.68. The van der Waals surface area contributed by atoms with Crippen LogP contribution >= 0.6 is 0 Å². The minimum absolute atomic E-state index is 0.0772. The average molecular weight is 244 g/mol. The monoisotopic (exact) mass is 244 g/mol. The summed E-state index contributed by atoms with van der Waals surface area (Å²) < 4.78 is 0. The molecule has 0 heterocycles. The normalized spacial score (nSPS) is 13.2. The number of aliphatic hydroxyl groups is 2. The Morgan fingerprint density at radius 3 is 1.59 bits per heavy atom. The maximum absolute atomic E-state index is 9.78. The highest BCUT2D eigenvalue weighted by atomic mass is 16.3. The lowest BCUT2D eigenvalue weighted by Crippen LogP contribution is -2.24. The van der Waals surface area contributed by atoms with Crippen molar-refractivity contribution in [3.8, 4) is 0 Å². The van der Waals surface area contributed by atoms with E-state index in [2.05, 4.69) is 13.8 Å². The van der Waals surface area contributed by atoms with Crippen LogP contribution in [-0.4, -0.2) is 22.9 Å². The van der Waals surface area contributed by atoms with Gasteiger partial charge in [-0.15, -0.1) is 0 Å². The maximum Gasteiger partial charge on any atom is 0.0799 e. The Kier molecular flexibility index (Phi) is 12.3. The molecular weight excluding hydrogens is 212 g/mol. The maximum atomic E-state index is 9.78. The molecule has 0 spiro atoms. The molecule has 0 fully saturated rings. The summed E-state index contributed by atoms with van der Waals surface area (Å²) >= 11 is 0. The average Bonchev–Trinajstić information content (AvgIpc) is 2.36. The summed E-state index contributed by atoms with van der Waals surface area (Å²) in [6, 6.07) is 0. The van der Waals surface area contributed by atoms with Gasteiger partial charge in [0.1, 0.15) is 0 Å². The van der Waals surface area contributed by atoms with Crippen LogP contribution in [0, 0.1) is 5.92 Å². The third-order valence-electron chi connectivity index (χ3n) is 3.59. The van der Waals surface area contributed by atoms with E-state index in [9.17, 15) is 5.11 Å². The Bertz CT molecular complexity index is 136. The first-order valence-corrected chi connectivity index (χ1v) is 7.55. The fraction of sp³-hybridized carbons (Fsp3) is 1.00. The molecule has 0 amide bonds. The predicted molar refractivity (Wildman–Crippen MR) is 74.1 cm³/mol. The van der Waals surface area contributed by atoms with Crippen molar-refractivity contribution in [1.29, 1.82) is 0 Å². The van der Waals surface area contributed by atoms with Gasteiger partial charge >= 0.3 is 0 Å². The van der Waals surface area contributed by atoms with Gasteiger partial charge in [0.05, 0.1) is 12.7 Å². The van der Waals surface area contributed by atoms with E-state index in [1.165, 1.54) is 51.4 Å². The van der Waals surface area contributed by atoms with Crippen molar-refractivity contribution < 1.29 is 10.2 Å². The van der Waals surface area contributed by atoms with Crippen molar-refractivity contribution in [3.63, 3.8) is 0 Å². The van der Waals surface area contributed by atoms with Crippen LogP contribution in [-0.2, 0) is 0 Å². The van der Waals surface area contributed by atoms with Crippen LogP contribution in [0.2, 0.25) is 0 Å². The standard InChI is InChI=1S/C15H32O2/c1-3-5-7-9-11-14(15(17)13-16)12-10-8-6-4-2/h14-17H,3-13H2,1-2H3/t15-/m1/s1. The van der Waals surface area contributed by atoms with Gasteiger partial charge in [-0.25, -0.2) is 0 Å². The van der Waals surface area contributed by atoms with Crippen LogP contribution < -0.4 is 0 Å². The first-order chi connectivity index (χ1) is 8.26. The Morgan fingerprint density at radius 2 is 1.24 bits per heavy atom. The van der Waals surface area contributed by atoms with Crippen molar-refractivity contribution in [2.75, 3.05) is 6.61 Å². The molecule has 0 saturated heterocycles. The number of rotatable bonds is 12. The molecule has 0 aliphatic rings. The number of hydrogen-bond acceptors (Lipinski definition) is 2. The lowest BCUT2D eigenvalue weighted by atomic mass is 9.90. The Morgan fingerprint density at radius 1 is 0.765 bits per heavy atom. The van der Waals surface area contributed by atoms with E-state index in [0.717, 1.165) is 12.8 Å². The molecule has 0 radical (unpaired) electrons. The van der Waals surface area contributed by atoms with Crippen LogP contribution in [0.1, 0.15) is 78.1 Å². The molecular formula is C15H32O2. The van der Waals surface area contributed by atoms with Gasteiger partial charge in [0, 0.05) is 0 Å². The fourth-order valence-corrected chi connectivity index (χ4v) is 2.34. The van der Waals surface area contributed by atoms with Crippen molar-refractivity contribution in [3.05, 3.63) is 0 Å². The molecule has 1 atom stereocenters. The van der Waals surface area contributed by atoms with E-state index in [1.807, 2.05) is 0 Å². The van der Waals surface area contributed by atoms with Crippen LogP contribution in [0.4, 0.5) is 0 Å². The van der Waals surface area contributed by atoms with Gasteiger partial charge in [0.25, 0.3) is 0 Å². The summed E-state index contributed by atoms with van der Waals surface area (Å²) in [6.07, 6.45) is 11.7. The molecule has 104 valence electrons. The number of aliphatic hydroxyl groups excluding tert-OH is 2. The van der Waals surface area contributed by atoms with Crippen molar-refractivity contribution in [2.24, 2.45) is 5.92 Å². The summed E-state index contributed by atoms with van der Waals surface area (Å²) in [5, 5.41) is 18.8. The minimum atomic E-state index is -0.502. The molecule has 2 nitrogen and oxygen atoms in total. The largest absolute Gasteiger partial charge is 0.394 e. The van der Waals surface area contributed by atoms with E-state index in [-0.39, 0.29) is 6.61 Å². The van der Waals surface area contributed by atoms with Crippen molar-refractivity contribution in [2.45, 2.75) is 84.2 Å². The topological polar surface area (TPSA) is 40.5 Å². The van der Waals surface area contributed by atoms with E-state index < -0.39 is 6.10 Å². The molecule has 0 aliphatic carbocycles. The Labute approximate surface area is 107 Å². The zero-order chi connectivity index (χ0) is 12.9. The van der Waals surface area contributed by atoms with Gasteiger partial charge < -0.3 is 10.2 Å².